The number of nitrogens with zero attached hydrogens (tertiary/aromatic N) is 1. The van der Waals surface area contributed by atoms with Gasteiger partial charge in [0.05, 0.1) is 11.4 Å². The molecular weight excluding hydrogens is 308 g/mol. The van der Waals surface area contributed by atoms with Gasteiger partial charge in [-0.3, -0.25) is 0 Å². The molecule has 3 aromatic rings. The number of nitrogens with one attached hydrogen (secondary N) is 1. The van der Waals surface area contributed by atoms with Gasteiger partial charge >= 0.3 is 5.97 Å². The first-order valence-electron chi connectivity index (χ1n) is 5.74. The molecular formula is C14H11BrN2O2. The van der Waals surface area contributed by atoms with Crippen LogP contribution in [0.25, 0.3) is 22.3 Å². The maximum absolute atomic E-state index is 10.9. The standard InChI is InChI=1S/C14H11BrN2O2/c1-17-12-4-2-3-9(15)8(12)7-13(17)10-5-6-11(16-10)14(18)19/h2-7,16H,1H3,(H,18,19). The minimum atomic E-state index is -0.953. The van der Waals surface area contributed by atoms with Crippen LogP contribution in [0.2, 0.25) is 0 Å². The molecule has 96 valence electrons. The summed E-state index contributed by atoms with van der Waals surface area (Å²) in [4.78, 5) is 13.8. The smallest absolute Gasteiger partial charge is 0.352 e. The van der Waals surface area contributed by atoms with Gasteiger partial charge in [0.2, 0.25) is 0 Å². The Balaban J connectivity index is 2.22. The van der Waals surface area contributed by atoms with E-state index in [2.05, 4.69) is 20.9 Å². The number of aromatic nitrogens is 2. The summed E-state index contributed by atoms with van der Waals surface area (Å²) < 4.78 is 3.06. The molecule has 2 heterocycles. The summed E-state index contributed by atoms with van der Waals surface area (Å²) in [5.74, 6) is -0.953. The van der Waals surface area contributed by atoms with Crippen LogP contribution in [0.4, 0.5) is 0 Å². The van der Waals surface area contributed by atoms with Crippen molar-refractivity contribution in [1.82, 2.24) is 9.55 Å². The highest BCUT2D eigenvalue weighted by molar-refractivity contribution is 9.10. The Hall–Kier alpha value is -2.01. The number of halogens is 1. The zero-order valence-electron chi connectivity index (χ0n) is 10.1. The van der Waals surface area contributed by atoms with E-state index in [-0.39, 0.29) is 5.69 Å². The first-order chi connectivity index (χ1) is 9.08. The number of carboxylic acid groups (broad SMARTS) is 1. The molecule has 0 saturated heterocycles. The molecule has 0 unspecified atom stereocenters. The van der Waals surface area contributed by atoms with E-state index in [9.17, 15) is 4.79 Å². The fourth-order valence-corrected chi connectivity index (χ4v) is 2.72. The predicted octanol–water partition coefficient (Wildman–Crippen LogP) is 3.63. The van der Waals surface area contributed by atoms with Gasteiger partial charge in [0.25, 0.3) is 0 Å². The normalized spacial score (nSPS) is 11.1. The first kappa shape index (κ1) is 12.0. The molecule has 0 amide bonds. The van der Waals surface area contributed by atoms with Gasteiger partial charge < -0.3 is 14.7 Å². The summed E-state index contributed by atoms with van der Waals surface area (Å²) in [5, 5.41) is 10.1. The van der Waals surface area contributed by atoms with E-state index in [1.807, 2.05) is 35.9 Å². The van der Waals surface area contributed by atoms with Crippen LogP contribution in [0, 0.1) is 0 Å². The van der Waals surface area contributed by atoms with Gasteiger partial charge in [0.15, 0.2) is 0 Å². The van der Waals surface area contributed by atoms with Crippen LogP contribution in [0.1, 0.15) is 10.5 Å². The van der Waals surface area contributed by atoms with E-state index in [0.717, 1.165) is 26.8 Å². The average molecular weight is 319 g/mol. The second-order valence-electron chi connectivity index (χ2n) is 4.35. The highest BCUT2D eigenvalue weighted by Gasteiger charge is 2.13. The second-order valence-corrected chi connectivity index (χ2v) is 5.21. The SMILES string of the molecule is Cn1c(-c2ccc(C(=O)O)[nH]2)cc2c(Br)cccc21. The van der Waals surface area contributed by atoms with Gasteiger partial charge in [-0.2, -0.15) is 0 Å². The summed E-state index contributed by atoms with van der Waals surface area (Å²) in [7, 11) is 1.96. The van der Waals surface area contributed by atoms with Crippen LogP contribution < -0.4 is 0 Å². The Morgan fingerprint density at radius 2 is 2.11 bits per heavy atom. The number of rotatable bonds is 2. The number of aryl methyl sites for hydroxylation is 1. The van der Waals surface area contributed by atoms with Crippen LogP contribution in [0.3, 0.4) is 0 Å². The van der Waals surface area contributed by atoms with Crippen molar-refractivity contribution in [3.8, 4) is 11.4 Å². The number of carboxylic acids is 1. The highest BCUT2D eigenvalue weighted by atomic mass is 79.9. The minimum absolute atomic E-state index is 0.194. The third-order valence-corrected chi connectivity index (χ3v) is 3.92. The van der Waals surface area contributed by atoms with Crippen molar-refractivity contribution in [2.45, 2.75) is 0 Å². The fourth-order valence-electron chi connectivity index (χ4n) is 2.25. The number of hydrogen-bond acceptors (Lipinski definition) is 1. The van der Waals surface area contributed by atoms with Gasteiger partial charge in [-0.05, 0) is 30.3 Å². The van der Waals surface area contributed by atoms with Crippen LogP contribution in [0.5, 0.6) is 0 Å². The number of fused-ring (bicyclic) bond motifs is 1. The van der Waals surface area contributed by atoms with Crippen molar-refractivity contribution in [3.63, 3.8) is 0 Å². The molecule has 4 nitrogen and oxygen atoms in total. The van der Waals surface area contributed by atoms with Crippen molar-refractivity contribution in [2.24, 2.45) is 7.05 Å². The lowest BCUT2D eigenvalue weighted by Gasteiger charge is -2.02. The van der Waals surface area contributed by atoms with Crippen molar-refractivity contribution >= 4 is 32.8 Å². The monoisotopic (exact) mass is 318 g/mol. The molecule has 0 aliphatic carbocycles. The van der Waals surface area contributed by atoms with E-state index in [1.165, 1.54) is 0 Å². The summed E-state index contributed by atoms with van der Waals surface area (Å²) in [6, 6.07) is 11.4. The number of carbonyl (C=O) groups is 1. The second kappa shape index (κ2) is 4.28. The molecule has 3 rings (SSSR count). The number of benzene rings is 1. The predicted molar refractivity (Wildman–Crippen MR) is 77.4 cm³/mol. The molecule has 19 heavy (non-hydrogen) atoms. The summed E-state index contributed by atoms with van der Waals surface area (Å²) in [5.41, 5.74) is 3.03. The molecule has 0 spiro atoms. The van der Waals surface area contributed by atoms with E-state index in [0.29, 0.717) is 0 Å². The molecule has 1 aromatic carbocycles. The van der Waals surface area contributed by atoms with Crippen molar-refractivity contribution in [3.05, 3.63) is 46.6 Å². The van der Waals surface area contributed by atoms with Crippen molar-refractivity contribution in [1.29, 1.82) is 0 Å². The molecule has 0 fully saturated rings. The largest absolute Gasteiger partial charge is 0.477 e. The van der Waals surface area contributed by atoms with Crippen LogP contribution in [-0.2, 0) is 7.05 Å². The molecule has 0 bridgehead atoms. The van der Waals surface area contributed by atoms with E-state index >= 15 is 0 Å². The number of hydrogen-bond donors (Lipinski definition) is 2. The first-order valence-corrected chi connectivity index (χ1v) is 6.54. The maximum Gasteiger partial charge on any atom is 0.352 e. The molecule has 2 aromatic heterocycles. The van der Waals surface area contributed by atoms with Crippen LogP contribution >= 0.6 is 15.9 Å². The van der Waals surface area contributed by atoms with E-state index in [4.69, 9.17) is 5.11 Å². The van der Waals surface area contributed by atoms with Gasteiger partial charge in [-0.25, -0.2) is 4.79 Å². The Labute approximate surface area is 117 Å². The third-order valence-electron chi connectivity index (χ3n) is 3.23. The third kappa shape index (κ3) is 1.86. The average Bonchev–Trinajstić information content (AvgIpc) is 2.96. The molecule has 0 radical (unpaired) electrons. The number of H-pyrrole nitrogens is 1. The summed E-state index contributed by atoms with van der Waals surface area (Å²) >= 11 is 3.53. The minimum Gasteiger partial charge on any atom is -0.477 e. The molecule has 0 aliphatic rings. The number of aromatic amines is 1. The Morgan fingerprint density at radius 1 is 1.32 bits per heavy atom. The quantitative estimate of drug-likeness (QED) is 0.758. The van der Waals surface area contributed by atoms with Gasteiger partial charge in [-0.1, -0.05) is 22.0 Å². The lowest BCUT2D eigenvalue weighted by molar-refractivity contribution is 0.0691. The highest BCUT2D eigenvalue weighted by Crippen LogP contribution is 2.31. The number of aromatic carboxylic acids is 1. The Morgan fingerprint density at radius 3 is 2.74 bits per heavy atom. The Bertz CT molecular complexity index is 786. The topological polar surface area (TPSA) is 58.0 Å². The lowest BCUT2D eigenvalue weighted by atomic mass is 10.2. The van der Waals surface area contributed by atoms with E-state index < -0.39 is 5.97 Å². The van der Waals surface area contributed by atoms with Crippen LogP contribution in [-0.4, -0.2) is 20.6 Å². The van der Waals surface area contributed by atoms with Crippen molar-refractivity contribution in [2.75, 3.05) is 0 Å². The molecule has 0 atom stereocenters. The Kier molecular flexibility index (Phi) is 2.71. The molecule has 5 heteroatoms. The zero-order chi connectivity index (χ0) is 13.6. The summed E-state index contributed by atoms with van der Waals surface area (Å²) in [6.45, 7) is 0. The van der Waals surface area contributed by atoms with Gasteiger partial charge in [0, 0.05) is 22.4 Å². The fraction of sp³-hybridized carbons (Fsp3) is 0.0714. The summed E-state index contributed by atoms with van der Waals surface area (Å²) in [6.07, 6.45) is 0. The van der Waals surface area contributed by atoms with Gasteiger partial charge in [0.1, 0.15) is 5.69 Å². The molecule has 0 aliphatic heterocycles. The van der Waals surface area contributed by atoms with Crippen molar-refractivity contribution < 1.29 is 9.90 Å². The zero-order valence-corrected chi connectivity index (χ0v) is 11.7. The van der Waals surface area contributed by atoms with E-state index in [1.54, 1.807) is 12.1 Å². The lowest BCUT2D eigenvalue weighted by Crippen LogP contribution is -1.96. The molecule has 2 N–H and O–H groups in total. The van der Waals surface area contributed by atoms with Gasteiger partial charge in [-0.15, -0.1) is 0 Å². The maximum atomic E-state index is 10.9. The van der Waals surface area contributed by atoms with Crippen LogP contribution in [0.15, 0.2) is 40.9 Å². The molecule has 0 saturated carbocycles.